The predicted molar refractivity (Wildman–Crippen MR) is 78.7 cm³/mol. The normalized spacial score (nSPS) is 22.9. The number of hydrogen-bond donors (Lipinski definition) is 1. The summed E-state index contributed by atoms with van der Waals surface area (Å²) in [5.41, 5.74) is 1.80. The maximum atomic E-state index is 11.6. The van der Waals surface area contributed by atoms with Gasteiger partial charge in [-0.15, -0.1) is 0 Å². The van der Waals surface area contributed by atoms with E-state index in [0.29, 0.717) is 22.3 Å². The predicted octanol–water partition coefficient (Wildman–Crippen LogP) is 1.62. The van der Waals surface area contributed by atoms with Crippen LogP contribution in [0.2, 0.25) is 5.02 Å². The molecule has 106 valence electrons. The average Bonchev–Trinajstić information content (AvgIpc) is 2.68. The number of hydrogen-bond acceptors (Lipinski definition) is 4. The van der Waals surface area contributed by atoms with Crippen molar-refractivity contribution in [1.29, 1.82) is 0 Å². The van der Waals surface area contributed by atoms with Crippen LogP contribution in [0, 0.1) is 0 Å². The van der Waals surface area contributed by atoms with Gasteiger partial charge in [0.25, 0.3) is 11.7 Å². The van der Waals surface area contributed by atoms with Gasteiger partial charge in [-0.25, -0.2) is 0 Å². The molecule has 0 aliphatic carbocycles. The van der Waals surface area contributed by atoms with Gasteiger partial charge < -0.3 is 15.1 Å². The summed E-state index contributed by atoms with van der Waals surface area (Å²) in [7, 11) is 2.10. The SMILES string of the molecule is CC1CN(c2cc3c(cc2Cl)C(=O)C(=O)N3)CCN1C. The Morgan fingerprint density at radius 3 is 2.75 bits per heavy atom. The molecule has 0 bridgehead atoms. The van der Waals surface area contributed by atoms with Crippen molar-refractivity contribution in [2.45, 2.75) is 13.0 Å². The Hall–Kier alpha value is -1.59. The van der Waals surface area contributed by atoms with Crippen molar-refractivity contribution in [1.82, 2.24) is 4.90 Å². The summed E-state index contributed by atoms with van der Waals surface area (Å²) in [6, 6.07) is 3.83. The number of rotatable bonds is 1. The number of carbonyl (C=O) groups is 2. The van der Waals surface area contributed by atoms with Crippen LogP contribution in [0.25, 0.3) is 0 Å². The first-order valence-electron chi connectivity index (χ1n) is 6.62. The first-order valence-corrected chi connectivity index (χ1v) is 6.99. The number of nitrogens with zero attached hydrogens (tertiary/aromatic N) is 2. The molecule has 0 aromatic heterocycles. The number of likely N-dealkylation sites (N-methyl/N-ethyl adjacent to an activating group) is 1. The number of nitrogens with one attached hydrogen (secondary N) is 1. The highest BCUT2D eigenvalue weighted by Crippen LogP contribution is 2.35. The van der Waals surface area contributed by atoms with Crippen LogP contribution in [-0.4, -0.2) is 49.3 Å². The molecule has 0 saturated carbocycles. The van der Waals surface area contributed by atoms with Gasteiger partial charge in [0, 0.05) is 25.7 Å². The average molecular weight is 294 g/mol. The zero-order valence-electron chi connectivity index (χ0n) is 11.4. The quantitative estimate of drug-likeness (QED) is 0.800. The zero-order chi connectivity index (χ0) is 14.4. The molecule has 2 aliphatic rings. The molecule has 2 heterocycles. The van der Waals surface area contributed by atoms with Gasteiger partial charge in [0.15, 0.2) is 0 Å². The van der Waals surface area contributed by atoms with Crippen LogP contribution in [-0.2, 0) is 4.79 Å². The lowest BCUT2D eigenvalue weighted by atomic mass is 10.1. The molecule has 3 rings (SSSR count). The fourth-order valence-electron chi connectivity index (χ4n) is 2.66. The van der Waals surface area contributed by atoms with Crippen LogP contribution in [0.15, 0.2) is 12.1 Å². The smallest absolute Gasteiger partial charge is 0.296 e. The highest BCUT2D eigenvalue weighted by atomic mass is 35.5. The number of anilines is 2. The molecule has 1 saturated heterocycles. The maximum Gasteiger partial charge on any atom is 0.296 e. The zero-order valence-corrected chi connectivity index (χ0v) is 12.2. The van der Waals surface area contributed by atoms with Crippen molar-refractivity contribution >= 4 is 34.7 Å². The van der Waals surface area contributed by atoms with Crippen LogP contribution >= 0.6 is 11.6 Å². The lowest BCUT2D eigenvalue weighted by Crippen LogP contribution is -2.50. The monoisotopic (exact) mass is 293 g/mol. The standard InChI is InChI=1S/C14H16ClN3O2/c1-8-7-18(4-3-17(8)2)12-6-11-9(5-10(12)15)13(19)14(20)16-11/h5-6,8H,3-4,7H2,1-2H3,(H,16,19,20). The molecule has 0 spiro atoms. The van der Waals surface area contributed by atoms with Gasteiger partial charge in [-0.2, -0.15) is 0 Å². The fraction of sp³-hybridized carbons (Fsp3) is 0.429. The Morgan fingerprint density at radius 1 is 1.30 bits per heavy atom. The molecule has 1 N–H and O–H groups in total. The second-order valence-corrected chi connectivity index (χ2v) is 5.82. The molecule has 6 heteroatoms. The minimum atomic E-state index is -0.583. The van der Waals surface area contributed by atoms with E-state index in [0.717, 1.165) is 25.3 Å². The Morgan fingerprint density at radius 2 is 2.05 bits per heavy atom. The first kappa shape index (κ1) is 13.4. The van der Waals surface area contributed by atoms with Crippen molar-refractivity contribution in [3.8, 4) is 0 Å². The van der Waals surface area contributed by atoms with Crippen molar-refractivity contribution in [2.75, 3.05) is 36.9 Å². The number of carbonyl (C=O) groups excluding carboxylic acids is 2. The number of benzene rings is 1. The Kier molecular flexibility index (Phi) is 3.18. The molecule has 20 heavy (non-hydrogen) atoms. The summed E-state index contributed by atoms with van der Waals surface area (Å²) < 4.78 is 0. The summed E-state index contributed by atoms with van der Waals surface area (Å²) in [4.78, 5) is 27.5. The first-order chi connectivity index (χ1) is 9.47. The maximum absolute atomic E-state index is 11.6. The van der Waals surface area contributed by atoms with E-state index < -0.39 is 11.7 Å². The van der Waals surface area contributed by atoms with Gasteiger partial charge in [-0.1, -0.05) is 11.6 Å². The summed E-state index contributed by atoms with van der Waals surface area (Å²) in [5, 5.41) is 3.11. The Balaban J connectivity index is 1.94. The molecular weight excluding hydrogens is 278 g/mol. The molecule has 1 aromatic carbocycles. The number of fused-ring (bicyclic) bond motifs is 1. The number of piperazine rings is 1. The van der Waals surface area contributed by atoms with Crippen molar-refractivity contribution < 1.29 is 9.59 Å². The summed E-state index contributed by atoms with van der Waals surface area (Å²) >= 11 is 6.29. The summed E-state index contributed by atoms with van der Waals surface area (Å²) in [6.45, 7) is 4.87. The molecule has 0 radical (unpaired) electrons. The van der Waals surface area contributed by atoms with Gasteiger partial charge in [0.1, 0.15) is 0 Å². The van der Waals surface area contributed by atoms with E-state index in [1.807, 2.05) is 0 Å². The van der Waals surface area contributed by atoms with E-state index in [4.69, 9.17) is 11.6 Å². The summed E-state index contributed by atoms with van der Waals surface area (Å²) in [6.07, 6.45) is 0. The largest absolute Gasteiger partial charge is 0.367 e. The van der Waals surface area contributed by atoms with Gasteiger partial charge in [0.2, 0.25) is 0 Å². The molecular formula is C14H16ClN3O2. The van der Waals surface area contributed by atoms with Crippen molar-refractivity contribution in [2.24, 2.45) is 0 Å². The fourth-order valence-corrected chi connectivity index (χ4v) is 2.95. The molecule has 1 atom stereocenters. The van der Waals surface area contributed by atoms with Crippen molar-refractivity contribution in [3.05, 3.63) is 22.7 Å². The minimum Gasteiger partial charge on any atom is -0.367 e. The highest BCUT2D eigenvalue weighted by Gasteiger charge is 2.31. The van der Waals surface area contributed by atoms with E-state index in [1.54, 1.807) is 12.1 Å². The molecule has 1 fully saturated rings. The van der Waals surface area contributed by atoms with E-state index in [1.165, 1.54) is 0 Å². The molecule has 2 aliphatic heterocycles. The molecule has 1 unspecified atom stereocenters. The lowest BCUT2D eigenvalue weighted by molar-refractivity contribution is -0.112. The van der Waals surface area contributed by atoms with Gasteiger partial charge in [0.05, 0.1) is 22.0 Å². The van der Waals surface area contributed by atoms with Crippen LogP contribution in [0.4, 0.5) is 11.4 Å². The van der Waals surface area contributed by atoms with Gasteiger partial charge >= 0.3 is 0 Å². The second kappa shape index (κ2) is 4.75. The van der Waals surface area contributed by atoms with Crippen LogP contribution in [0.1, 0.15) is 17.3 Å². The molecule has 5 nitrogen and oxygen atoms in total. The van der Waals surface area contributed by atoms with E-state index in [-0.39, 0.29) is 0 Å². The third-order valence-corrected chi connectivity index (χ3v) is 4.39. The van der Waals surface area contributed by atoms with Gasteiger partial charge in [-0.05, 0) is 26.1 Å². The Bertz CT molecular complexity index is 602. The third-order valence-electron chi connectivity index (χ3n) is 4.09. The van der Waals surface area contributed by atoms with E-state index in [2.05, 4.69) is 29.1 Å². The number of amides is 1. The van der Waals surface area contributed by atoms with E-state index in [9.17, 15) is 9.59 Å². The Labute approximate surface area is 122 Å². The number of Topliss-reactive ketones (excluding diaryl/α,β-unsaturated/α-hetero) is 1. The van der Waals surface area contributed by atoms with Crippen LogP contribution < -0.4 is 10.2 Å². The van der Waals surface area contributed by atoms with Gasteiger partial charge in [-0.3, -0.25) is 9.59 Å². The topological polar surface area (TPSA) is 52.7 Å². The van der Waals surface area contributed by atoms with Crippen molar-refractivity contribution in [3.63, 3.8) is 0 Å². The van der Waals surface area contributed by atoms with Crippen LogP contribution in [0.3, 0.4) is 0 Å². The van der Waals surface area contributed by atoms with Crippen LogP contribution in [0.5, 0.6) is 0 Å². The third kappa shape index (κ3) is 2.07. The second-order valence-electron chi connectivity index (χ2n) is 5.41. The molecule has 1 amide bonds. The lowest BCUT2D eigenvalue weighted by Gasteiger charge is -2.39. The summed E-state index contributed by atoms with van der Waals surface area (Å²) in [5.74, 6) is -1.10. The highest BCUT2D eigenvalue weighted by molar-refractivity contribution is 6.52. The molecule has 1 aromatic rings. The van der Waals surface area contributed by atoms with E-state index >= 15 is 0 Å². The number of halogens is 1. The minimum absolute atomic E-state index is 0.367. The number of ketones is 1.